The number of pyridine rings is 1. The minimum atomic E-state index is 0.262. The van der Waals surface area contributed by atoms with Gasteiger partial charge in [-0.25, -0.2) is 0 Å². The lowest BCUT2D eigenvalue weighted by Gasteiger charge is -2.08. The van der Waals surface area contributed by atoms with Crippen LogP contribution < -0.4 is 5.32 Å². The van der Waals surface area contributed by atoms with Gasteiger partial charge in [-0.1, -0.05) is 0 Å². The SMILES string of the molecule is CC(Cl)CCCNc1ccncc1Br. The third-order valence-corrected chi connectivity index (χ3v) is 2.72. The van der Waals surface area contributed by atoms with Crippen molar-refractivity contribution in [3.8, 4) is 0 Å². The maximum Gasteiger partial charge on any atom is 0.0590 e. The van der Waals surface area contributed by atoms with E-state index in [1.54, 1.807) is 12.4 Å². The van der Waals surface area contributed by atoms with Crippen LogP contribution in [0, 0.1) is 0 Å². The number of hydrogen-bond donors (Lipinski definition) is 1. The lowest BCUT2D eigenvalue weighted by atomic mass is 10.2. The van der Waals surface area contributed by atoms with Gasteiger partial charge in [-0.3, -0.25) is 4.98 Å². The Morgan fingerprint density at radius 3 is 3.07 bits per heavy atom. The first-order chi connectivity index (χ1) is 6.70. The van der Waals surface area contributed by atoms with Gasteiger partial charge in [0.05, 0.1) is 10.2 Å². The number of nitrogens with zero attached hydrogens (tertiary/aromatic N) is 1. The molecule has 0 aliphatic heterocycles. The maximum atomic E-state index is 5.84. The molecule has 1 unspecified atom stereocenters. The Bertz CT molecular complexity index is 279. The van der Waals surface area contributed by atoms with Crippen LogP contribution in [0.25, 0.3) is 0 Å². The van der Waals surface area contributed by atoms with E-state index in [-0.39, 0.29) is 5.38 Å². The first-order valence-electron chi connectivity index (χ1n) is 4.67. The molecule has 1 rings (SSSR count). The molecule has 0 amide bonds. The number of hydrogen-bond acceptors (Lipinski definition) is 2. The van der Waals surface area contributed by atoms with Gasteiger partial charge in [0.1, 0.15) is 0 Å². The molecule has 1 aromatic rings. The van der Waals surface area contributed by atoms with Crippen molar-refractivity contribution in [1.29, 1.82) is 0 Å². The van der Waals surface area contributed by atoms with E-state index in [2.05, 4.69) is 26.2 Å². The monoisotopic (exact) mass is 276 g/mol. The number of alkyl halides is 1. The minimum absolute atomic E-state index is 0.262. The molecule has 0 spiro atoms. The Labute approximate surface area is 98.2 Å². The van der Waals surface area contributed by atoms with E-state index in [0.717, 1.165) is 29.5 Å². The van der Waals surface area contributed by atoms with Crippen molar-refractivity contribution in [2.24, 2.45) is 0 Å². The zero-order valence-corrected chi connectivity index (χ0v) is 10.5. The molecular weight excluding hydrogens is 263 g/mol. The quantitative estimate of drug-likeness (QED) is 0.656. The summed E-state index contributed by atoms with van der Waals surface area (Å²) in [5.41, 5.74) is 1.09. The van der Waals surface area contributed by atoms with Crippen LogP contribution in [-0.2, 0) is 0 Å². The average molecular weight is 278 g/mol. The van der Waals surface area contributed by atoms with Crippen molar-refractivity contribution in [2.75, 3.05) is 11.9 Å². The smallest absolute Gasteiger partial charge is 0.0590 e. The Morgan fingerprint density at radius 1 is 1.64 bits per heavy atom. The zero-order valence-electron chi connectivity index (χ0n) is 8.13. The van der Waals surface area contributed by atoms with Crippen LogP contribution in [0.4, 0.5) is 5.69 Å². The van der Waals surface area contributed by atoms with Crippen molar-refractivity contribution >= 4 is 33.2 Å². The van der Waals surface area contributed by atoms with Crippen molar-refractivity contribution in [1.82, 2.24) is 4.98 Å². The predicted octanol–water partition coefficient (Wildman–Crippen LogP) is 3.66. The molecule has 0 bridgehead atoms. The Hall–Kier alpha value is -0.280. The fraction of sp³-hybridized carbons (Fsp3) is 0.500. The van der Waals surface area contributed by atoms with Gasteiger partial charge in [-0.2, -0.15) is 0 Å². The summed E-state index contributed by atoms with van der Waals surface area (Å²) in [4.78, 5) is 3.99. The van der Waals surface area contributed by atoms with Crippen molar-refractivity contribution in [3.05, 3.63) is 22.9 Å². The Balaban J connectivity index is 2.28. The summed E-state index contributed by atoms with van der Waals surface area (Å²) in [5.74, 6) is 0. The fourth-order valence-electron chi connectivity index (χ4n) is 1.12. The lowest BCUT2D eigenvalue weighted by Crippen LogP contribution is -2.04. The summed E-state index contributed by atoms with van der Waals surface area (Å²) < 4.78 is 0.999. The summed E-state index contributed by atoms with van der Waals surface area (Å²) in [6, 6.07) is 1.95. The molecule has 1 atom stereocenters. The summed E-state index contributed by atoms with van der Waals surface area (Å²) in [7, 11) is 0. The van der Waals surface area contributed by atoms with Crippen LogP contribution in [0.3, 0.4) is 0 Å². The second-order valence-electron chi connectivity index (χ2n) is 3.21. The molecule has 78 valence electrons. The van der Waals surface area contributed by atoms with Crippen LogP contribution >= 0.6 is 27.5 Å². The highest BCUT2D eigenvalue weighted by molar-refractivity contribution is 9.10. The maximum absolute atomic E-state index is 5.84. The molecule has 0 saturated carbocycles. The molecular formula is C10H14BrClN2. The Kier molecular flexibility index (Phi) is 5.26. The number of nitrogens with one attached hydrogen (secondary N) is 1. The molecule has 1 heterocycles. The summed E-state index contributed by atoms with van der Waals surface area (Å²) in [5, 5.41) is 3.58. The molecule has 0 saturated heterocycles. The van der Waals surface area contributed by atoms with Crippen LogP contribution in [0.2, 0.25) is 0 Å². The van der Waals surface area contributed by atoms with Crippen molar-refractivity contribution in [2.45, 2.75) is 25.1 Å². The van der Waals surface area contributed by atoms with E-state index in [4.69, 9.17) is 11.6 Å². The van der Waals surface area contributed by atoms with E-state index in [0.29, 0.717) is 0 Å². The van der Waals surface area contributed by atoms with Gasteiger partial charge in [0.15, 0.2) is 0 Å². The van der Waals surface area contributed by atoms with E-state index in [1.807, 2.05) is 13.0 Å². The second-order valence-corrected chi connectivity index (χ2v) is 4.80. The van der Waals surface area contributed by atoms with Gasteiger partial charge in [-0.15, -0.1) is 11.6 Å². The zero-order chi connectivity index (χ0) is 10.4. The molecule has 0 aliphatic rings. The topological polar surface area (TPSA) is 24.9 Å². The highest BCUT2D eigenvalue weighted by Crippen LogP contribution is 2.19. The van der Waals surface area contributed by atoms with Crippen LogP contribution in [0.15, 0.2) is 22.9 Å². The highest BCUT2D eigenvalue weighted by Gasteiger charge is 1.98. The molecule has 14 heavy (non-hydrogen) atoms. The van der Waals surface area contributed by atoms with Gasteiger partial charge < -0.3 is 5.32 Å². The molecule has 0 aliphatic carbocycles. The van der Waals surface area contributed by atoms with Gasteiger partial charge in [0.25, 0.3) is 0 Å². The molecule has 2 nitrogen and oxygen atoms in total. The normalized spacial score (nSPS) is 12.5. The van der Waals surface area contributed by atoms with Crippen LogP contribution in [-0.4, -0.2) is 16.9 Å². The van der Waals surface area contributed by atoms with Crippen LogP contribution in [0.1, 0.15) is 19.8 Å². The molecule has 1 aromatic heterocycles. The first-order valence-corrected chi connectivity index (χ1v) is 5.90. The molecule has 0 fully saturated rings. The summed E-state index contributed by atoms with van der Waals surface area (Å²) in [6.45, 7) is 2.96. The first kappa shape index (κ1) is 11.8. The minimum Gasteiger partial charge on any atom is -0.384 e. The fourth-order valence-corrected chi connectivity index (χ4v) is 1.67. The lowest BCUT2D eigenvalue weighted by molar-refractivity contribution is 0.750. The number of rotatable bonds is 5. The summed E-state index contributed by atoms with van der Waals surface area (Å²) >= 11 is 9.27. The number of halogens is 2. The van der Waals surface area contributed by atoms with Gasteiger partial charge >= 0.3 is 0 Å². The largest absolute Gasteiger partial charge is 0.384 e. The summed E-state index contributed by atoms with van der Waals surface area (Å²) in [6.07, 6.45) is 5.68. The molecule has 4 heteroatoms. The number of aromatic nitrogens is 1. The van der Waals surface area contributed by atoms with Crippen molar-refractivity contribution < 1.29 is 0 Å². The predicted molar refractivity (Wildman–Crippen MR) is 65.0 cm³/mol. The second kappa shape index (κ2) is 6.25. The molecule has 0 radical (unpaired) electrons. The van der Waals surface area contributed by atoms with Crippen molar-refractivity contribution in [3.63, 3.8) is 0 Å². The highest BCUT2D eigenvalue weighted by atomic mass is 79.9. The van der Waals surface area contributed by atoms with Crippen LogP contribution in [0.5, 0.6) is 0 Å². The Morgan fingerprint density at radius 2 is 2.43 bits per heavy atom. The third kappa shape index (κ3) is 4.29. The standard InChI is InChI=1S/C10H14BrClN2/c1-8(12)3-2-5-14-10-4-6-13-7-9(10)11/h4,6-8H,2-3,5H2,1H3,(H,13,14). The van der Waals surface area contributed by atoms with E-state index >= 15 is 0 Å². The molecule has 1 N–H and O–H groups in total. The average Bonchev–Trinajstić information content (AvgIpc) is 2.15. The van der Waals surface area contributed by atoms with Gasteiger partial charge in [0, 0.05) is 24.3 Å². The molecule has 0 aromatic carbocycles. The van der Waals surface area contributed by atoms with E-state index in [1.165, 1.54) is 0 Å². The van der Waals surface area contributed by atoms with E-state index < -0.39 is 0 Å². The number of anilines is 1. The van der Waals surface area contributed by atoms with Gasteiger partial charge in [0.2, 0.25) is 0 Å². The third-order valence-electron chi connectivity index (χ3n) is 1.87. The van der Waals surface area contributed by atoms with E-state index in [9.17, 15) is 0 Å². The van der Waals surface area contributed by atoms with Gasteiger partial charge in [-0.05, 0) is 41.8 Å².